The van der Waals surface area contributed by atoms with Crippen molar-refractivity contribution in [3.8, 4) is 5.75 Å². The van der Waals surface area contributed by atoms with Crippen molar-refractivity contribution in [3.05, 3.63) is 52.7 Å². The van der Waals surface area contributed by atoms with E-state index < -0.39 is 11.8 Å². The highest BCUT2D eigenvalue weighted by molar-refractivity contribution is 7.09. The van der Waals surface area contributed by atoms with E-state index in [9.17, 15) is 4.79 Å². The largest absolute Gasteiger partial charge is 0.463 e. The number of carbonyl (C=O) groups excluding carboxylic acids is 1. The van der Waals surface area contributed by atoms with E-state index in [2.05, 4.69) is 15.5 Å². The summed E-state index contributed by atoms with van der Waals surface area (Å²) >= 11 is 1.54. The van der Waals surface area contributed by atoms with Gasteiger partial charge in [-0.25, -0.2) is 9.78 Å². The molecule has 1 atom stereocenters. The lowest BCUT2D eigenvalue weighted by Crippen LogP contribution is -2.50. The Morgan fingerprint density at radius 3 is 2.66 bits per heavy atom. The molecular weight excluding hydrogens is 392 g/mol. The monoisotopic (exact) mass is 414 g/mol. The molecule has 0 radical (unpaired) electrons. The first kappa shape index (κ1) is 19.3. The van der Waals surface area contributed by atoms with Crippen LogP contribution in [-0.4, -0.2) is 54.9 Å². The van der Waals surface area contributed by atoms with Gasteiger partial charge in [-0.1, -0.05) is 18.2 Å². The van der Waals surface area contributed by atoms with Crippen LogP contribution in [-0.2, 0) is 4.74 Å². The first-order chi connectivity index (χ1) is 13.9. The third kappa shape index (κ3) is 4.53. The highest BCUT2D eigenvalue weighted by atomic mass is 32.1. The molecule has 1 fully saturated rings. The number of amides is 1. The van der Waals surface area contributed by atoms with Gasteiger partial charge in [0.15, 0.2) is 0 Å². The zero-order valence-electron chi connectivity index (χ0n) is 16.4. The van der Waals surface area contributed by atoms with Crippen LogP contribution in [0.15, 0.2) is 42.0 Å². The van der Waals surface area contributed by atoms with Crippen molar-refractivity contribution in [2.24, 2.45) is 0 Å². The van der Waals surface area contributed by atoms with Gasteiger partial charge in [-0.05, 0) is 43.3 Å². The maximum absolute atomic E-state index is 12.1. The van der Waals surface area contributed by atoms with Crippen molar-refractivity contribution in [2.45, 2.75) is 38.5 Å². The number of nitrogens with zero attached hydrogens (tertiary/aromatic N) is 6. The van der Waals surface area contributed by atoms with E-state index in [-0.39, 0.29) is 12.0 Å². The van der Waals surface area contributed by atoms with Gasteiger partial charge >= 0.3 is 6.09 Å². The molecule has 1 saturated heterocycles. The Kier molecular flexibility index (Phi) is 5.18. The van der Waals surface area contributed by atoms with Crippen molar-refractivity contribution in [3.63, 3.8) is 0 Å². The summed E-state index contributed by atoms with van der Waals surface area (Å²) in [5.74, 6) is 0.884. The van der Waals surface area contributed by atoms with Crippen molar-refractivity contribution in [1.29, 1.82) is 0 Å². The lowest BCUT2D eigenvalue weighted by atomic mass is 10.0. The molecule has 1 aromatic carbocycles. The fourth-order valence-corrected chi connectivity index (χ4v) is 3.78. The van der Waals surface area contributed by atoms with Gasteiger partial charge in [0.25, 0.3) is 0 Å². The molecule has 0 spiro atoms. The number of benzene rings is 1. The Hall–Kier alpha value is -3.01. The topological polar surface area (TPSA) is 95.3 Å². The van der Waals surface area contributed by atoms with Crippen molar-refractivity contribution < 1.29 is 14.3 Å². The minimum Gasteiger partial charge on any atom is -0.463 e. The third-order valence-electron chi connectivity index (χ3n) is 4.27. The summed E-state index contributed by atoms with van der Waals surface area (Å²) in [5.41, 5.74) is 0.224. The van der Waals surface area contributed by atoms with E-state index in [1.165, 1.54) is 11.0 Å². The lowest BCUT2D eigenvalue weighted by molar-refractivity contribution is 0.00813. The van der Waals surface area contributed by atoms with Gasteiger partial charge in [-0.2, -0.15) is 4.68 Å². The smallest absolute Gasteiger partial charge is 0.410 e. The van der Waals surface area contributed by atoms with Crippen LogP contribution in [0.3, 0.4) is 0 Å². The Labute approximate surface area is 172 Å². The van der Waals surface area contributed by atoms with Crippen LogP contribution >= 0.6 is 11.3 Å². The second-order valence-corrected chi connectivity index (χ2v) is 8.66. The summed E-state index contributed by atoms with van der Waals surface area (Å²) in [5, 5.41) is 14.3. The summed E-state index contributed by atoms with van der Waals surface area (Å²) in [4.78, 5) is 18.6. The number of hydrogen-bond acceptors (Lipinski definition) is 8. The Morgan fingerprint density at radius 1 is 1.24 bits per heavy atom. The van der Waals surface area contributed by atoms with Crippen LogP contribution in [0.5, 0.6) is 5.75 Å². The van der Waals surface area contributed by atoms with Gasteiger partial charge in [0.05, 0.1) is 5.01 Å². The quantitative estimate of drug-likeness (QED) is 0.633. The number of carbonyl (C=O) groups is 1. The molecule has 0 saturated carbocycles. The normalized spacial score (nSPS) is 15.6. The zero-order valence-corrected chi connectivity index (χ0v) is 17.2. The molecule has 1 unspecified atom stereocenters. The highest BCUT2D eigenvalue weighted by Crippen LogP contribution is 2.33. The fourth-order valence-electron chi connectivity index (χ4n) is 2.87. The standard InChI is InChI=1S/C19H22N6O3S/c1-19(2,3)28-18(26)24-9-13(10-24)16-21-15(11-29-16)17(25-12-20-22-23-25)27-14-7-5-4-6-8-14/h4-8,11-13,17H,9-10H2,1-3H3. The number of likely N-dealkylation sites (tertiary alicyclic amines) is 1. The molecule has 3 heterocycles. The number of thiazole rings is 1. The Morgan fingerprint density at radius 2 is 2.00 bits per heavy atom. The van der Waals surface area contributed by atoms with E-state index in [0.717, 1.165) is 10.7 Å². The lowest BCUT2D eigenvalue weighted by Gasteiger charge is -2.38. The molecule has 3 aromatic rings. The number of rotatable bonds is 5. The fraction of sp³-hybridized carbons (Fsp3) is 0.421. The number of para-hydroxylation sites is 1. The molecule has 10 heteroatoms. The van der Waals surface area contributed by atoms with Crippen molar-refractivity contribution >= 4 is 17.4 Å². The number of ether oxygens (including phenoxy) is 2. The number of hydrogen-bond donors (Lipinski definition) is 0. The van der Waals surface area contributed by atoms with E-state index in [0.29, 0.717) is 18.8 Å². The maximum Gasteiger partial charge on any atom is 0.410 e. The van der Waals surface area contributed by atoms with Gasteiger partial charge in [0, 0.05) is 24.4 Å². The predicted molar refractivity (Wildman–Crippen MR) is 106 cm³/mol. The Bertz CT molecular complexity index is 948. The van der Waals surface area contributed by atoms with Gasteiger partial charge in [0.2, 0.25) is 6.23 Å². The number of aromatic nitrogens is 5. The molecule has 1 aliphatic rings. The van der Waals surface area contributed by atoms with Crippen LogP contribution in [0.2, 0.25) is 0 Å². The first-order valence-corrected chi connectivity index (χ1v) is 10.1. The second kappa shape index (κ2) is 7.78. The minimum absolute atomic E-state index is 0.188. The van der Waals surface area contributed by atoms with Gasteiger partial charge in [-0.3, -0.25) is 0 Å². The summed E-state index contributed by atoms with van der Waals surface area (Å²) < 4.78 is 13.0. The molecule has 2 aromatic heterocycles. The summed E-state index contributed by atoms with van der Waals surface area (Å²) in [6.45, 7) is 6.78. The maximum atomic E-state index is 12.1. The first-order valence-electron chi connectivity index (χ1n) is 9.26. The van der Waals surface area contributed by atoms with Crippen LogP contribution in [0.25, 0.3) is 0 Å². The van der Waals surface area contributed by atoms with E-state index in [4.69, 9.17) is 14.5 Å². The van der Waals surface area contributed by atoms with Gasteiger partial charge in [0.1, 0.15) is 23.4 Å². The summed E-state index contributed by atoms with van der Waals surface area (Å²) in [7, 11) is 0. The summed E-state index contributed by atoms with van der Waals surface area (Å²) in [6, 6.07) is 9.47. The molecule has 1 aliphatic heterocycles. The highest BCUT2D eigenvalue weighted by Gasteiger charge is 2.36. The second-order valence-electron chi connectivity index (χ2n) is 7.77. The third-order valence-corrected chi connectivity index (χ3v) is 5.30. The molecule has 29 heavy (non-hydrogen) atoms. The van der Waals surface area contributed by atoms with Gasteiger partial charge < -0.3 is 14.4 Å². The van der Waals surface area contributed by atoms with Crippen molar-refractivity contribution in [2.75, 3.05) is 13.1 Å². The predicted octanol–water partition coefficient (Wildman–Crippen LogP) is 3.09. The Balaban J connectivity index is 1.45. The molecule has 4 rings (SSSR count). The van der Waals surface area contributed by atoms with Gasteiger partial charge in [-0.15, -0.1) is 16.4 Å². The SMILES string of the molecule is CC(C)(C)OC(=O)N1CC(c2nc(C(Oc3ccccc3)n3cnnn3)cs2)C1. The molecule has 0 N–H and O–H groups in total. The van der Waals surface area contributed by atoms with Crippen molar-refractivity contribution in [1.82, 2.24) is 30.1 Å². The minimum atomic E-state index is -0.570. The average Bonchev–Trinajstić information content (AvgIpc) is 3.30. The van der Waals surface area contributed by atoms with Crippen LogP contribution < -0.4 is 4.74 Å². The van der Waals surface area contributed by atoms with E-state index in [1.54, 1.807) is 16.2 Å². The molecule has 0 bridgehead atoms. The van der Waals surface area contributed by atoms with Crippen LogP contribution in [0.4, 0.5) is 4.79 Å². The van der Waals surface area contributed by atoms with E-state index in [1.807, 2.05) is 56.5 Å². The van der Waals surface area contributed by atoms with Crippen LogP contribution in [0, 0.1) is 0 Å². The molecule has 0 aliphatic carbocycles. The summed E-state index contributed by atoms with van der Waals surface area (Å²) in [6.07, 6.45) is 0.643. The average molecular weight is 414 g/mol. The van der Waals surface area contributed by atoms with E-state index >= 15 is 0 Å². The molecule has 152 valence electrons. The molecular formula is C19H22N6O3S. The zero-order chi connectivity index (χ0) is 20.4. The molecule has 9 nitrogen and oxygen atoms in total. The molecule has 1 amide bonds. The van der Waals surface area contributed by atoms with Crippen LogP contribution in [0.1, 0.15) is 43.6 Å². The number of tetrazole rings is 1.